The number of hydrogen-bond acceptors (Lipinski definition) is 5. The molecule has 5 heteroatoms. The van der Waals surface area contributed by atoms with Crippen LogP contribution in [-0.2, 0) is 0 Å². The third kappa shape index (κ3) is 3.63. The summed E-state index contributed by atoms with van der Waals surface area (Å²) in [7, 11) is 0. The Morgan fingerprint density at radius 2 is 1.81 bits per heavy atom. The van der Waals surface area contributed by atoms with Gasteiger partial charge in [0.25, 0.3) is 0 Å². The molecule has 2 aliphatic heterocycles. The smallest absolute Gasteiger partial charge is 0.133 e. The SMILES string of the molecule is CC(C)CN1CCN(c2ccc(N3CCNc4ccccc43)nc2)CC1. The fourth-order valence-corrected chi connectivity index (χ4v) is 3.95. The average molecular weight is 351 g/mol. The van der Waals surface area contributed by atoms with Crippen LogP contribution in [0.1, 0.15) is 13.8 Å². The van der Waals surface area contributed by atoms with Gasteiger partial charge in [-0.15, -0.1) is 0 Å². The molecule has 0 bridgehead atoms. The van der Waals surface area contributed by atoms with Crippen molar-refractivity contribution in [2.45, 2.75) is 13.8 Å². The Morgan fingerprint density at radius 1 is 1.00 bits per heavy atom. The van der Waals surface area contributed by atoms with Gasteiger partial charge in [0, 0.05) is 45.8 Å². The van der Waals surface area contributed by atoms with Crippen molar-refractivity contribution in [1.29, 1.82) is 0 Å². The van der Waals surface area contributed by atoms with Crippen LogP contribution in [0.4, 0.5) is 22.9 Å². The first-order valence-electron chi connectivity index (χ1n) is 9.74. The molecule has 0 spiro atoms. The first kappa shape index (κ1) is 17.2. The van der Waals surface area contributed by atoms with Crippen molar-refractivity contribution >= 4 is 22.9 Å². The maximum atomic E-state index is 4.79. The molecule has 26 heavy (non-hydrogen) atoms. The van der Waals surface area contributed by atoms with Gasteiger partial charge in [0.1, 0.15) is 5.82 Å². The van der Waals surface area contributed by atoms with Crippen LogP contribution >= 0.6 is 0 Å². The van der Waals surface area contributed by atoms with Crippen LogP contribution in [0, 0.1) is 5.92 Å². The van der Waals surface area contributed by atoms with E-state index in [0.29, 0.717) is 0 Å². The predicted octanol–water partition coefficient (Wildman–Crippen LogP) is 3.42. The Balaban J connectivity index is 1.44. The molecule has 0 saturated carbocycles. The maximum Gasteiger partial charge on any atom is 0.133 e. The van der Waals surface area contributed by atoms with Crippen molar-refractivity contribution in [2.75, 3.05) is 60.9 Å². The number of piperazine rings is 1. The molecule has 2 aromatic rings. The number of fused-ring (bicyclic) bond motifs is 1. The van der Waals surface area contributed by atoms with Gasteiger partial charge in [0.2, 0.25) is 0 Å². The van der Waals surface area contributed by atoms with Gasteiger partial charge in [-0.3, -0.25) is 4.90 Å². The standard InChI is InChI=1S/C21H29N5/c1-17(2)16-24-11-13-25(14-12-24)18-7-8-21(23-15-18)26-10-9-22-19-5-3-4-6-20(19)26/h3-8,15,17,22H,9-14,16H2,1-2H3. The number of rotatable bonds is 4. The molecule has 5 nitrogen and oxygen atoms in total. The summed E-state index contributed by atoms with van der Waals surface area (Å²) in [6, 6.07) is 12.8. The van der Waals surface area contributed by atoms with Crippen molar-refractivity contribution in [3.63, 3.8) is 0 Å². The van der Waals surface area contributed by atoms with Crippen LogP contribution in [0.3, 0.4) is 0 Å². The van der Waals surface area contributed by atoms with Crippen LogP contribution in [0.5, 0.6) is 0 Å². The van der Waals surface area contributed by atoms with Gasteiger partial charge in [-0.2, -0.15) is 0 Å². The monoisotopic (exact) mass is 351 g/mol. The number of aromatic nitrogens is 1. The van der Waals surface area contributed by atoms with E-state index in [0.717, 1.165) is 51.0 Å². The summed E-state index contributed by atoms with van der Waals surface area (Å²) in [5, 5.41) is 3.46. The number of para-hydroxylation sites is 2. The summed E-state index contributed by atoms with van der Waals surface area (Å²) < 4.78 is 0. The van der Waals surface area contributed by atoms with E-state index in [-0.39, 0.29) is 0 Å². The molecule has 4 rings (SSSR count). The topological polar surface area (TPSA) is 34.6 Å². The first-order valence-corrected chi connectivity index (χ1v) is 9.74. The van der Waals surface area contributed by atoms with Crippen LogP contribution in [0.25, 0.3) is 0 Å². The van der Waals surface area contributed by atoms with Crippen molar-refractivity contribution in [2.24, 2.45) is 5.92 Å². The maximum absolute atomic E-state index is 4.79. The predicted molar refractivity (Wildman–Crippen MR) is 110 cm³/mol. The van der Waals surface area contributed by atoms with Gasteiger partial charge in [0.05, 0.1) is 23.3 Å². The lowest BCUT2D eigenvalue weighted by Gasteiger charge is -2.37. The number of pyridine rings is 1. The van der Waals surface area contributed by atoms with Crippen LogP contribution in [0.15, 0.2) is 42.6 Å². The second-order valence-electron chi connectivity index (χ2n) is 7.65. The van der Waals surface area contributed by atoms with E-state index in [1.165, 1.54) is 23.6 Å². The highest BCUT2D eigenvalue weighted by Gasteiger charge is 2.20. The minimum atomic E-state index is 0.740. The normalized spacial score (nSPS) is 18.0. The van der Waals surface area contributed by atoms with Crippen molar-refractivity contribution < 1.29 is 0 Å². The first-order chi connectivity index (χ1) is 12.7. The molecular weight excluding hydrogens is 322 g/mol. The molecule has 0 radical (unpaired) electrons. The van der Waals surface area contributed by atoms with Crippen molar-refractivity contribution in [3.05, 3.63) is 42.6 Å². The molecule has 0 unspecified atom stereocenters. The Bertz CT molecular complexity index is 719. The van der Waals surface area contributed by atoms with Crippen molar-refractivity contribution in [1.82, 2.24) is 9.88 Å². The van der Waals surface area contributed by atoms with Gasteiger partial charge in [-0.05, 0) is 30.2 Å². The Morgan fingerprint density at radius 3 is 2.54 bits per heavy atom. The molecule has 1 saturated heterocycles. The minimum absolute atomic E-state index is 0.740. The Labute approximate surface area is 156 Å². The van der Waals surface area contributed by atoms with Gasteiger partial charge in [-0.25, -0.2) is 4.98 Å². The second kappa shape index (κ2) is 7.54. The summed E-state index contributed by atoms with van der Waals surface area (Å²) in [6.07, 6.45) is 2.04. The quantitative estimate of drug-likeness (QED) is 0.913. The molecule has 0 amide bonds. The zero-order valence-electron chi connectivity index (χ0n) is 15.9. The molecule has 1 N–H and O–H groups in total. The average Bonchev–Trinajstić information content (AvgIpc) is 2.68. The van der Waals surface area contributed by atoms with Gasteiger partial charge < -0.3 is 15.1 Å². The summed E-state index contributed by atoms with van der Waals surface area (Å²) >= 11 is 0. The summed E-state index contributed by atoms with van der Waals surface area (Å²) in [4.78, 5) is 12.1. The lowest BCUT2D eigenvalue weighted by molar-refractivity contribution is 0.231. The van der Waals surface area contributed by atoms with E-state index in [9.17, 15) is 0 Å². The molecule has 2 aliphatic rings. The fraction of sp³-hybridized carbons (Fsp3) is 0.476. The molecule has 1 aromatic carbocycles. The largest absolute Gasteiger partial charge is 0.382 e. The highest BCUT2D eigenvalue weighted by Crippen LogP contribution is 2.33. The molecule has 0 atom stereocenters. The number of benzene rings is 1. The van der Waals surface area contributed by atoms with Crippen molar-refractivity contribution in [3.8, 4) is 0 Å². The number of anilines is 4. The second-order valence-corrected chi connectivity index (χ2v) is 7.65. The zero-order valence-corrected chi connectivity index (χ0v) is 15.9. The van der Waals surface area contributed by atoms with Gasteiger partial charge in [-0.1, -0.05) is 26.0 Å². The number of hydrogen-bond donors (Lipinski definition) is 1. The van der Waals surface area contributed by atoms with E-state index < -0.39 is 0 Å². The Kier molecular flexibility index (Phi) is 4.98. The highest BCUT2D eigenvalue weighted by molar-refractivity contribution is 5.77. The molecule has 0 aliphatic carbocycles. The minimum Gasteiger partial charge on any atom is -0.382 e. The lowest BCUT2D eigenvalue weighted by Crippen LogP contribution is -2.47. The van der Waals surface area contributed by atoms with Crippen LogP contribution < -0.4 is 15.1 Å². The molecule has 1 aromatic heterocycles. The lowest BCUT2D eigenvalue weighted by atomic mass is 10.2. The Hall–Kier alpha value is -2.27. The number of nitrogens with one attached hydrogen (secondary N) is 1. The zero-order chi connectivity index (χ0) is 17.9. The highest BCUT2D eigenvalue weighted by atomic mass is 15.3. The molecular formula is C21H29N5. The molecule has 138 valence electrons. The molecule has 1 fully saturated rings. The van der Waals surface area contributed by atoms with E-state index in [4.69, 9.17) is 4.98 Å². The van der Waals surface area contributed by atoms with E-state index in [2.05, 4.69) is 70.3 Å². The van der Waals surface area contributed by atoms with Crippen LogP contribution in [0.2, 0.25) is 0 Å². The van der Waals surface area contributed by atoms with E-state index in [1.807, 2.05) is 6.20 Å². The van der Waals surface area contributed by atoms with Crippen LogP contribution in [-0.4, -0.2) is 55.7 Å². The van der Waals surface area contributed by atoms with E-state index >= 15 is 0 Å². The van der Waals surface area contributed by atoms with E-state index in [1.54, 1.807) is 0 Å². The number of nitrogens with zero attached hydrogens (tertiary/aromatic N) is 4. The van der Waals surface area contributed by atoms with Gasteiger partial charge in [0.15, 0.2) is 0 Å². The molecule has 3 heterocycles. The summed E-state index contributed by atoms with van der Waals surface area (Å²) in [5.41, 5.74) is 3.63. The fourth-order valence-electron chi connectivity index (χ4n) is 3.95. The summed E-state index contributed by atoms with van der Waals surface area (Å²) in [6.45, 7) is 12.1. The third-order valence-corrected chi connectivity index (χ3v) is 5.22. The third-order valence-electron chi connectivity index (χ3n) is 5.22. The van der Waals surface area contributed by atoms with Gasteiger partial charge >= 0.3 is 0 Å². The summed E-state index contributed by atoms with van der Waals surface area (Å²) in [5.74, 6) is 1.77.